The Morgan fingerprint density at radius 1 is 1.15 bits per heavy atom. The van der Waals surface area contributed by atoms with Gasteiger partial charge in [0.15, 0.2) is 8.32 Å². The maximum Gasteiger partial charge on any atom is 0.328 e. The molecule has 0 fully saturated rings. The average molecular weight is 326 g/mol. The lowest BCUT2D eigenvalue weighted by molar-refractivity contribution is -0.0642. The van der Waals surface area contributed by atoms with Crippen LogP contribution >= 0.6 is 7.60 Å². The van der Waals surface area contributed by atoms with Gasteiger partial charge in [-0.15, -0.1) is 0 Å². The quantitative estimate of drug-likeness (QED) is 0.494. The fraction of sp³-hybridized carbons (Fsp3) is 1.00. The summed E-state index contributed by atoms with van der Waals surface area (Å²) in [4.78, 5) is 18.6. The molecular weight excluding hydrogens is 295 g/mol. The van der Waals surface area contributed by atoms with Crippen LogP contribution in [0.2, 0.25) is 18.1 Å². The summed E-state index contributed by atoms with van der Waals surface area (Å²) in [5.74, 6) is 0. The summed E-state index contributed by atoms with van der Waals surface area (Å²) in [7, 11) is -6.46. The molecule has 0 aromatic carbocycles. The molecule has 0 spiro atoms. The van der Waals surface area contributed by atoms with E-state index in [0.717, 1.165) is 0 Å². The number of aliphatic hydroxyl groups is 1. The summed E-state index contributed by atoms with van der Waals surface area (Å²) >= 11 is 0. The fourth-order valence-corrected chi connectivity index (χ4v) is 4.12. The second-order valence-corrected chi connectivity index (χ2v) is 13.5. The van der Waals surface area contributed by atoms with Crippen molar-refractivity contribution < 1.29 is 23.9 Å². The van der Waals surface area contributed by atoms with Crippen molar-refractivity contribution >= 4 is 15.9 Å². The van der Waals surface area contributed by atoms with Gasteiger partial charge in [-0.25, -0.2) is 0 Å². The molecule has 1 atom stereocenters. The minimum atomic E-state index is -4.25. The van der Waals surface area contributed by atoms with Crippen molar-refractivity contribution in [3.05, 3.63) is 0 Å². The Morgan fingerprint density at radius 3 is 1.80 bits per heavy atom. The Labute approximate surface area is 124 Å². The van der Waals surface area contributed by atoms with E-state index >= 15 is 0 Å². The monoisotopic (exact) mass is 326 g/mol. The van der Waals surface area contributed by atoms with E-state index in [0.29, 0.717) is 12.8 Å². The van der Waals surface area contributed by atoms with Gasteiger partial charge in [-0.1, -0.05) is 34.6 Å². The molecule has 1 unspecified atom stereocenters. The third kappa shape index (κ3) is 5.58. The molecular formula is C13H31O5PSi. The van der Waals surface area contributed by atoms with Crippen molar-refractivity contribution in [2.24, 2.45) is 0 Å². The van der Waals surface area contributed by atoms with E-state index in [2.05, 4.69) is 20.8 Å². The molecule has 5 nitrogen and oxygen atoms in total. The van der Waals surface area contributed by atoms with Crippen molar-refractivity contribution in [2.75, 3.05) is 6.16 Å². The zero-order valence-electron chi connectivity index (χ0n) is 13.8. The smallest absolute Gasteiger partial charge is 0.328 e. The number of rotatable bonds is 7. The molecule has 20 heavy (non-hydrogen) atoms. The Balaban J connectivity index is 5.41. The molecule has 0 bridgehead atoms. The topological polar surface area (TPSA) is 87.0 Å². The van der Waals surface area contributed by atoms with Crippen LogP contribution in [-0.4, -0.2) is 41.1 Å². The molecule has 0 aromatic rings. The molecule has 0 amide bonds. The Kier molecular flexibility index (Phi) is 6.68. The van der Waals surface area contributed by atoms with Crippen molar-refractivity contribution in [1.29, 1.82) is 0 Å². The van der Waals surface area contributed by atoms with E-state index in [9.17, 15) is 19.5 Å². The van der Waals surface area contributed by atoms with E-state index in [1.165, 1.54) is 0 Å². The van der Waals surface area contributed by atoms with Crippen LogP contribution in [0.5, 0.6) is 0 Å². The highest BCUT2D eigenvalue weighted by atomic mass is 31.2. The predicted molar refractivity (Wildman–Crippen MR) is 84.5 cm³/mol. The van der Waals surface area contributed by atoms with E-state index in [-0.39, 0.29) is 5.04 Å². The first-order valence-corrected chi connectivity index (χ1v) is 11.8. The molecule has 0 aliphatic carbocycles. The largest absolute Gasteiger partial charge is 0.410 e. The van der Waals surface area contributed by atoms with Crippen LogP contribution in [0, 0.1) is 0 Å². The molecule has 0 aromatic heterocycles. The summed E-state index contributed by atoms with van der Waals surface area (Å²) in [5.41, 5.74) is -1.20. The predicted octanol–water partition coefficient (Wildman–Crippen LogP) is 3.11. The summed E-state index contributed by atoms with van der Waals surface area (Å²) in [5, 5.41) is 10.6. The molecule has 0 aliphatic heterocycles. The fourth-order valence-electron chi connectivity index (χ4n) is 1.77. The average Bonchev–Trinajstić information content (AvgIpc) is 2.23. The van der Waals surface area contributed by atoms with Crippen molar-refractivity contribution in [3.63, 3.8) is 0 Å². The van der Waals surface area contributed by atoms with Gasteiger partial charge in [0.2, 0.25) is 0 Å². The molecule has 0 saturated heterocycles. The highest BCUT2D eigenvalue weighted by molar-refractivity contribution is 7.51. The highest BCUT2D eigenvalue weighted by Crippen LogP contribution is 2.44. The summed E-state index contributed by atoms with van der Waals surface area (Å²) in [6, 6.07) is 0. The normalized spacial score (nSPS) is 16.3. The van der Waals surface area contributed by atoms with Crippen LogP contribution in [-0.2, 0) is 8.99 Å². The molecule has 0 radical (unpaired) electrons. The molecule has 0 rings (SSSR count). The van der Waals surface area contributed by atoms with Crippen molar-refractivity contribution in [1.82, 2.24) is 0 Å². The Bertz CT molecular complexity index is 354. The lowest BCUT2D eigenvalue weighted by Gasteiger charge is -2.44. The maximum absolute atomic E-state index is 11.4. The Hall–Kier alpha value is 0.287. The van der Waals surface area contributed by atoms with Crippen molar-refractivity contribution in [2.45, 2.75) is 77.3 Å². The molecule has 3 N–H and O–H groups in total. The number of hydrogen-bond donors (Lipinski definition) is 3. The van der Waals surface area contributed by atoms with Crippen LogP contribution in [0.3, 0.4) is 0 Å². The lowest BCUT2D eigenvalue weighted by Crippen LogP contribution is -2.53. The van der Waals surface area contributed by atoms with E-state index < -0.39 is 33.8 Å². The first-order chi connectivity index (χ1) is 8.68. The number of hydrogen-bond acceptors (Lipinski definition) is 3. The van der Waals surface area contributed by atoms with Gasteiger partial charge in [-0.3, -0.25) is 4.57 Å². The van der Waals surface area contributed by atoms with Crippen LogP contribution in [0.1, 0.15) is 47.5 Å². The molecule has 7 heteroatoms. The SMILES string of the molecule is CCC(O)(CC)C(CP(=O)(O)O)O[Si](C)(C)C(C)(C)C. The lowest BCUT2D eigenvalue weighted by atomic mass is 9.92. The van der Waals surface area contributed by atoms with Gasteiger partial charge >= 0.3 is 7.60 Å². The maximum atomic E-state index is 11.4. The summed E-state index contributed by atoms with van der Waals surface area (Å²) in [6.07, 6.45) is -0.456. The van der Waals surface area contributed by atoms with E-state index in [1.807, 2.05) is 26.9 Å². The van der Waals surface area contributed by atoms with E-state index in [1.54, 1.807) is 0 Å². The summed E-state index contributed by atoms with van der Waals surface area (Å²) < 4.78 is 17.5. The van der Waals surface area contributed by atoms with Gasteiger partial charge in [0.05, 0.1) is 17.9 Å². The second-order valence-electron chi connectivity index (χ2n) is 7.02. The second kappa shape index (κ2) is 6.59. The third-order valence-electron chi connectivity index (χ3n) is 4.47. The van der Waals surface area contributed by atoms with Crippen LogP contribution in [0.25, 0.3) is 0 Å². The van der Waals surface area contributed by atoms with E-state index in [4.69, 9.17) is 4.43 Å². The van der Waals surface area contributed by atoms with Gasteiger partial charge in [0.25, 0.3) is 0 Å². The Morgan fingerprint density at radius 2 is 1.55 bits per heavy atom. The van der Waals surface area contributed by atoms with Crippen LogP contribution in [0.15, 0.2) is 0 Å². The molecule has 0 saturated carbocycles. The minimum Gasteiger partial charge on any atom is -0.410 e. The van der Waals surface area contributed by atoms with Gasteiger partial charge in [0.1, 0.15) is 0 Å². The van der Waals surface area contributed by atoms with Gasteiger partial charge in [-0.05, 0) is 31.0 Å². The highest BCUT2D eigenvalue weighted by Gasteiger charge is 2.46. The van der Waals surface area contributed by atoms with Gasteiger partial charge in [-0.2, -0.15) is 0 Å². The zero-order chi connectivity index (χ0) is 16.4. The first-order valence-electron chi connectivity index (χ1n) is 7.13. The van der Waals surface area contributed by atoms with Crippen molar-refractivity contribution in [3.8, 4) is 0 Å². The summed E-state index contributed by atoms with van der Waals surface area (Å²) in [6.45, 7) is 13.8. The third-order valence-corrected chi connectivity index (χ3v) is 9.76. The minimum absolute atomic E-state index is 0.0808. The zero-order valence-corrected chi connectivity index (χ0v) is 15.7. The first kappa shape index (κ1) is 20.3. The van der Waals surface area contributed by atoms with Crippen LogP contribution in [0.4, 0.5) is 0 Å². The molecule has 0 heterocycles. The molecule has 0 aliphatic rings. The molecule has 122 valence electrons. The van der Waals surface area contributed by atoms with Gasteiger partial charge in [0, 0.05) is 0 Å². The van der Waals surface area contributed by atoms with Crippen LogP contribution < -0.4 is 0 Å². The van der Waals surface area contributed by atoms with Gasteiger partial charge < -0.3 is 19.3 Å². The standard InChI is InChI=1S/C13H31O5PSi/c1-8-13(14,9-2)11(10-19(15,16)17)18-20(6,7)12(3,4)5/h11,14H,8-10H2,1-7H3,(H2,15,16,17).